The Morgan fingerprint density at radius 3 is 2.47 bits per heavy atom. The Bertz CT molecular complexity index is 433. The van der Waals surface area contributed by atoms with Gasteiger partial charge in [0.1, 0.15) is 5.75 Å². The molecule has 3 nitrogen and oxygen atoms in total. The summed E-state index contributed by atoms with van der Waals surface area (Å²) in [5.74, 6) is 2.32. The zero-order valence-corrected chi connectivity index (χ0v) is 12.0. The second-order valence-corrected chi connectivity index (χ2v) is 5.90. The Morgan fingerprint density at radius 1 is 1.16 bits per heavy atom. The Morgan fingerprint density at radius 2 is 1.89 bits per heavy atom. The number of hydrogen-bond donors (Lipinski definition) is 2. The first-order valence-corrected chi connectivity index (χ1v) is 7.10. The first-order valence-electron chi connectivity index (χ1n) is 7.10. The monoisotopic (exact) mass is 262 g/mol. The fourth-order valence-electron chi connectivity index (χ4n) is 2.81. The molecular weight excluding hydrogens is 239 g/mol. The minimum atomic E-state index is -1.41. The van der Waals surface area contributed by atoms with Gasteiger partial charge < -0.3 is 14.8 Å². The third kappa shape index (κ3) is 3.51. The van der Waals surface area contributed by atoms with Crippen LogP contribution in [-0.4, -0.2) is 23.3 Å². The molecule has 2 rings (SSSR count). The van der Waals surface area contributed by atoms with Crippen LogP contribution in [0.1, 0.15) is 38.7 Å². The maximum Gasteiger partial charge on any atom is 0.488 e. The first-order chi connectivity index (χ1) is 8.97. The predicted octanol–water partition coefficient (Wildman–Crippen LogP) is 1.88. The van der Waals surface area contributed by atoms with Crippen molar-refractivity contribution < 1.29 is 14.8 Å². The molecule has 1 saturated carbocycles. The molecular formula is C15H23BO3. The normalized spacial score (nSPS) is 27.1. The molecule has 1 aliphatic rings. The highest BCUT2D eigenvalue weighted by Gasteiger charge is 2.26. The van der Waals surface area contributed by atoms with E-state index in [2.05, 4.69) is 13.8 Å². The van der Waals surface area contributed by atoms with Crippen molar-refractivity contribution in [3.63, 3.8) is 0 Å². The average Bonchev–Trinajstić information content (AvgIpc) is 2.33. The lowest BCUT2D eigenvalue weighted by molar-refractivity contribution is 0.101. The zero-order chi connectivity index (χ0) is 14.0. The molecule has 0 bridgehead atoms. The molecule has 0 aromatic heterocycles. The van der Waals surface area contributed by atoms with Gasteiger partial charge in [0, 0.05) is 0 Å². The van der Waals surface area contributed by atoms with Crippen molar-refractivity contribution in [3.8, 4) is 5.75 Å². The summed E-state index contributed by atoms with van der Waals surface area (Å²) in [6.45, 7) is 6.46. The van der Waals surface area contributed by atoms with Gasteiger partial charge in [-0.1, -0.05) is 19.9 Å². The number of benzene rings is 1. The van der Waals surface area contributed by atoms with Crippen LogP contribution in [0.25, 0.3) is 0 Å². The van der Waals surface area contributed by atoms with Gasteiger partial charge in [-0.15, -0.1) is 0 Å². The van der Waals surface area contributed by atoms with Crippen LogP contribution in [0, 0.1) is 18.8 Å². The lowest BCUT2D eigenvalue weighted by atomic mass is 9.77. The lowest BCUT2D eigenvalue weighted by Crippen LogP contribution is -2.32. The van der Waals surface area contributed by atoms with Crippen molar-refractivity contribution in [2.24, 2.45) is 11.8 Å². The molecule has 0 aliphatic heterocycles. The summed E-state index contributed by atoms with van der Waals surface area (Å²) < 4.78 is 6.03. The number of rotatable bonds is 3. The summed E-state index contributed by atoms with van der Waals surface area (Å²) in [5.41, 5.74) is 1.39. The summed E-state index contributed by atoms with van der Waals surface area (Å²) in [7, 11) is -1.41. The van der Waals surface area contributed by atoms with E-state index in [-0.39, 0.29) is 6.10 Å². The van der Waals surface area contributed by atoms with E-state index < -0.39 is 7.12 Å². The summed E-state index contributed by atoms with van der Waals surface area (Å²) in [4.78, 5) is 0. The van der Waals surface area contributed by atoms with Crippen molar-refractivity contribution in [3.05, 3.63) is 23.8 Å². The number of hydrogen-bond acceptors (Lipinski definition) is 3. The molecule has 0 saturated heterocycles. The molecule has 1 aromatic rings. The van der Waals surface area contributed by atoms with Crippen molar-refractivity contribution in [2.45, 2.75) is 46.1 Å². The van der Waals surface area contributed by atoms with Crippen LogP contribution >= 0.6 is 0 Å². The van der Waals surface area contributed by atoms with Gasteiger partial charge in [0.25, 0.3) is 0 Å². The predicted molar refractivity (Wildman–Crippen MR) is 77.6 cm³/mol. The molecule has 4 heteroatoms. The molecule has 3 unspecified atom stereocenters. The van der Waals surface area contributed by atoms with Crippen LogP contribution in [0.2, 0.25) is 0 Å². The summed E-state index contributed by atoms with van der Waals surface area (Å²) in [5, 5.41) is 18.4. The van der Waals surface area contributed by atoms with E-state index in [1.54, 1.807) is 6.07 Å². The van der Waals surface area contributed by atoms with Crippen molar-refractivity contribution >= 4 is 12.6 Å². The van der Waals surface area contributed by atoms with Crippen molar-refractivity contribution in [1.82, 2.24) is 0 Å². The van der Waals surface area contributed by atoms with Gasteiger partial charge in [0.05, 0.1) is 6.10 Å². The smallest absolute Gasteiger partial charge is 0.488 e. The summed E-state index contributed by atoms with van der Waals surface area (Å²) in [6.07, 6.45) is 3.72. The first kappa shape index (κ1) is 14.4. The molecule has 1 aromatic carbocycles. The minimum absolute atomic E-state index is 0.287. The van der Waals surface area contributed by atoms with Crippen LogP contribution in [0.3, 0.4) is 0 Å². The fraction of sp³-hybridized carbons (Fsp3) is 0.600. The molecule has 0 amide bonds. The van der Waals surface area contributed by atoms with E-state index in [0.717, 1.165) is 30.1 Å². The van der Waals surface area contributed by atoms with E-state index >= 15 is 0 Å². The van der Waals surface area contributed by atoms with Gasteiger partial charge in [0.2, 0.25) is 0 Å². The van der Waals surface area contributed by atoms with E-state index in [1.807, 2.05) is 19.1 Å². The molecule has 0 spiro atoms. The Hall–Kier alpha value is -0.995. The van der Waals surface area contributed by atoms with Crippen LogP contribution in [0.4, 0.5) is 0 Å². The molecule has 1 fully saturated rings. The zero-order valence-electron chi connectivity index (χ0n) is 12.0. The van der Waals surface area contributed by atoms with Gasteiger partial charge in [-0.2, -0.15) is 0 Å². The van der Waals surface area contributed by atoms with E-state index in [0.29, 0.717) is 11.4 Å². The molecule has 104 valence electrons. The Kier molecular flexibility index (Phi) is 4.53. The second-order valence-electron chi connectivity index (χ2n) is 5.90. The minimum Gasteiger partial charge on any atom is -0.490 e. The maximum absolute atomic E-state index is 9.20. The number of aryl methyl sites for hydroxylation is 1. The van der Waals surface area contributed by atoms with Gasteiger partial charge in [-0.3, -0.25) is 0 Å². The van der Waals surface area contributed by atoms with Gasteiger partial charge in [-0.05, 0) is 61.2 Å². The molecule has 19 heavy (non-hydrogen) atoms. The third-order valence-electron chi connectivity index (χ3n) is 4.37. The largest absolute Gasteiger partial charge is 0.490 e. The van der Waals surface area contributed by atoms with Crippen LogP contribution < -0.4 is 10.2 Å². The van der Waals surface area contributed by atoms with Crippen molar-refractivity contribution in [1.29, 1.82) is 0 Å². The third-order valence-corrected chi connectivity index (χ3v) is 4.37. The Balaban J connectivity index is 2.02. The van der Waals surface area contributed by atoms with E-state index in [1.165, 1.54) is 6.42 Å². The van der Waals surface area contributed by atoms with E-state index in [9.17, 15) is 10.0 Å². The van der Waals surface area contributed by atoms with Crippen LogP contribution in [0.5, 0.6) is 5.75 Å². The fourth-order valence-corrected chi connectivity index (χ4v) is 2.81. The number of ether oxygens (including phenoxy) is 1. The second kappa shape index (κ2) is 5.97. The highest BCUT2D eigenvalue weighted by atomic mass is 16.5. The standard InChI is InChI=1S/C15H23BO3/c1-10-4-5-13(8-11(10)2)19-14-6-7-15(16(17)18)12(3)9-14/h6-7,9-11,13,17-18H,4-5,8H2,1-3H3. The molecule has 1 aliphatic carbocycles. The quantitative estimate of drug-likeness (QED) is 0.818. The lowest BCUT2D eigenvalue weighted by Gasteiger charge is -2.32. The van der Waals surface area contributed by atoms with Gasteiger partial charge in [-0.25, -0.2) is 0 Å². The van der Waals surface area contributed by atoms with Crippen LogP contribution in [0.15, 0.2) is 18.2 Å². The van der Waals surface area contributed by atoms with Gasteiger partial charge >= 0.3 is 7.12 Å². The summed E-state index contributed by atoms with van der Waals surface area (Å²) in [6, 6.07) is 5.44. The average molecular weight is 262 g/mol. The highest BCUT2D eigenvalue weighted by molar-refractivity contribution is 6.59. The maximum atomic E-state index is 9.20. The van der Waals surface area contributed by atoms with E-state index in [4.69, 9.17) is 4.74 Å². The van der Waals surface area contributed by atoms with Crippen LogP contribution in [-0.2, 0) is 0 Å². The summed E-state index contributed by atoms with van der Waals surface area (Å²) >= 11 is 0. The molecule has 2 N–H and O–H groups in total. The van der Waals surface area contributed by atoms with Gasteiger partial charge in [0.15, 0.2) is 0 Å². The Labute approximate surface area is 115 Å². The highest BCUT2D eigenvalue weighted by Crippen LogP contribution is 2.31. The molecule has 3 atom stereocenters. The van der Waals surface area contributed by atoms with Crippen molar-refractivity contribution in [2.75, 3.05) is 0 Å². The molecule has 0 heterocycles. The molecule has 0 radical (unpaired) electrons. The SMILES string of the molecule is Cc1cc(OC2CCC(C)C(C)C2)ccc1B(O)O. The topological polar surface area (TPSA) is 49.7 Å².